The number of hydrogen-bond acceptors (Lipinski definition) is 2. The summed E-state index contributed by atoms with van der Waals surface area (Å²) in [6.07, 6.45) is 2.99. The van der Waals surface area contributed by atoms with E-state index in [1.807, 2.05) is 36.4 Å². The molecular weight excluding hydrogens is 300 g/mol. The van der Waals surface area contributed by atoms with Crippen LogP contribution in [0.1, 0.15) is 41.3 Å². The summed E-state index contributed by atoms with van der Waals surface area (Å²) in [7, 11) is 0. The second kappa shape index (κ2) is 7.30. The number of anilines is 1. The van der Waals surface area contributed by atoms with Crippen LogP contribution in [0.15, 0.2) is 48.5 Å². The molecule has 0 bridgehead atoms. The van der Waals surface area contributed by atoms with Gasteiger partial charge in [-0.3, -0.25) is 9.59 Å². The van der Waals surface area contributed by atoms with Crippen molar-refractivity contribution < 1.29 is 9.59 Å². The Balaban J connectivity index is 1.55. The van der Waals surface area contributed by atoms with Gasteiger partial charge in [-0.1, -0.05) is 31.2 Å². The molecule has 0 aromatic heterocycles. The second-order valence-electron chi connectivity index (χ2n) is 6.19. The number of carbonyl (C=O) groups excluding carboxylic acids is 2. The summed E-state index contributed by atoms with van der Waals surface area (Å²) in [6, 6.07) is 15.2. The fourth-order valence-corrected chi connectivity index (χ4v) is 2.48. The van der Waals surface area contributed by atoms with Gasteiger partial charge in [-0.05, 0) is 54.7 Å². The van der Waals surface area contributed by atoms with E-state index in [2.05, 4.69) is 17.6 Å². The van der Waals surface area contributed by atoms with Gasteiger partial charge in [-0.15, -0.1) is 0 Å². The Hall–Kier alpha value is -2.62. The van der Waals surface area contributed by atoms with Gasteiger partial charge in [0.1, 0.15) is 0 Å². The molecule has 0 atom stereocenters. The summed E-state index contributed by atoms with van der Waals surface area (Å²) < 4.78 is 0. The van der Waals surface area contributed by atoms with E-state index in [1.54, 1.807) is 12.1 Å². The Labute approximate surface area is 142 Å². The molecule has 24 heavy (non-hydrogen) atoms. The molecule has 3 rings (SSSR count). The molecule has 2 aromatic carbocycles. The maximum atomic E-state index is 12.3. The highest BCUT2D eigenvalue weighted by Crippen LogP contribution is 2.28. The Morgan fingerprint density at radius 2 is 1.58 bits per heavy atom. The zero-order valence-electron chi connectivity index (χ0n) is 13.8. The Bertz CT molecular complexity index is 716. The second-order valence-corrected chi connectivity index (χ2v) is 6.19. The molecule has 1 fully saturated rings. The van der Waals surface area contributed by atoms with Gasteiger partial charge in [0.15, 0.2) is 0 Å². The lowest BCUT2D eigenvalue weighted by molar-refractivity contribution is -0.122. The molecule has 1 aliphatic carbocycles. The SMILES string of the molecule is CCc1ccc(NC(=O)c2ccc(CNC(=O)C3CC3)cc2)cc1. The average molecular weight is 322 g/mol. The van der Waals surface area contributed by atoms with E-state index in [1.165, 1.54) is 5.56 Å². The van der Waals surface area contributed by atoms with E-state index >= 15 is 0 Å². The number of carbonyl (C=O) groups is 2. The van der Waals surface area contributed by atoms with Crippen LogP contribution in [-0.2, 0) is 17.8 Å². The van der Waals surface area contributed by atoms with Gasteiger partial charge in [0.05, 0.1) is 0 Å². The minimum Gasteiger partial charge on any atom is -0.352 e. The van der Waals surface area contributed by atoms with E-state index in [-0.39, 0.29) is 17.7 Å². The number of amides is 2. The minimum absolute atomic E-state index is 0.132. The molecule has 2 aromatic rings. The fraction of sp³-hybridized carbons (Fsp3) is 0.300. The van der Waals surface area contributed by atoms with Crippen molar-refractivity contribution in [1.82, 2.24) is 5.32 Å². The van der Waals surface area contributed by atoms with E-state index < -0.39 is 0 Å². The largest absolute Gasteiger partial charge is 0.352 e. The van der Waals surface area contributed by atoms with E-state index in [9.17, 15) is 9.59 Å². The quantitative estimate of drug-likeness (QED) is 0.855. The van der Waals surface area contributed by atoms with Gasteiger partial charge in [0, 0.05) is 23.7 Å². The van der Waals surface area contributed by atoms with Crippen LogP contribution in [0.2, 0.25) is 0 Å². The highest BCUT2D eigenvalue weighted by atomic mass is 16.2. The predicted molar refractivity (Wildman–Crippen MR) is 94.8 cm³/mol. The van der Waals surface area contributed by atoms with Gasteiger partial charge < -0.3 is 10.6 Å². The summed E-state index contributed by atoms with van der Waals surface area (Å²) >= 11 is 0. The highest BCUT2D eigenvalue weighted by molar-refractivity contribution is 6.04. The van der Waals surface area contributed by atoms with Gasteiger partial charge >= 0.3 is 0 Å². The molecule has 0 unspecified atom stereocenters. The third-order valence-corrected chi connectivity index (χ3v) is 4.25. The van der Waals surface area contributed by atoms with Crippen molar-refractivity contribution in [3.63, 3.8) is 0 Å². The molecule has 0 spiro atoms. The lowest BCUT2D eigenvalue weighted by atomic mass is 10.1. The normalized spacial score (nSPS) is 13.4. The van der Waals surface area contributed by atoms with E-state index in [0.29, 0.717) is 12.1 Å². The average Bonchev–Trinajstić information content (AvgIpc) is 3.46. The van der Waals surface area contributed by atoms with Crippen molar-refractivity contribution in [2.75, 3.05) is 5.32 Å². The van der Waals surface area contributed by atoms with Crippen molar-refractivity contribution >= 4 is 17.5 Å². The molecule has 2 N–H and O–H groups in total. The first-order valence-electron chi connectivity index (χ1n) is 8.42. The molecule has 4 heteroatoms. The van der Waals surface area contributed by atoms with Gasteiger partial charge in [-0.25, -0.2) is 0 Å². The van der Waals surface area contributed by atoms with Crippen molar-refractivity contribution in [3.05, 3.63) is 65.2 Å². The zero-order valence-corrected chi connectivity index (χ0v) is 13.8. The molecule has 1 saturated carbocycles. The van der Waals surface area contributed by atoms with Gasteiger partial charge in [0.2, 0.25) is 5.91 Å². The fourth-order valence-electron chi connectivity index (χ4n) is 2.48. The molecule has 0 heterocycles. The molecule has 1 aliphatic rings. The number of aryl methyl sites for hydroxylation is 1. The first-order chi connectivity index (χ1) is 11.7. The molecular formula is C20H22N2O2. The van der Waals surface area contributed by atoms with Crippen molar-refractivity contribution in [2.24, 2.45) is 5.92 Å². The molecule has 0 aliphatic heterocycles. The standard InChI is InChI=1S/C20H22N2O2/c1-2-14-5-11-18(12-6-14)22-20(24)17-7-3-15(4-8-17)13-21-19(23)16-9-10-16/h3-8,11-12,16H,2,9-10,13H2,1H3,(H,21,23)(H,22,24). The van der Waals surface area contributed by atoms with Crippen LogP contribution < -0.4 is 10.6 Å². The van der Waals surface area contributed by atoms with Crippen molar-refractivity contribution in [2.45, 2.75) is 32.7 Å². The lowest BCUT2D eigenvalue weighted by Gasteiger charge is -2.08. The Kier molecular flexibility index (Phi) is 4.94. The maximum absolute atomic E-state index is 12.3. The lowest BCUT2D eigenvalue weighted by Crippen LogP contribution is -2.24. The van der Waals surface area contributed by atoms with Crippen LogP contribution in [0.3, 0.4) is 0 Å². The number of benzene rings is 2. The predicted octanol–water partition coefficient (Wildman–Crippen LogP) is 3.53. The van der Waals surface area contributed by atoms with Crippen LogP contribution in [0, 0.1) is 5.92 Å². The van der Waals surface area contributed by atoms with Gasteiger partial charge in [-0.2, -0.15) is 0 Å². The third-order valence-electron chi connectivity index (χ3n) is 4.25. The molecule has 124 valence electrons. The summed E-state index contributed by atoms with van der Waals surface area (Å²) in [4.78, 5) is 23.9. The van der Waals surface area contributed by atoms with Crippen LogP contribution in [0.5, 0.6) is 0 Å². The summed E-state index contributed by atoms with van der Waals surface area (Å²) in [5, 5.41) is 5.81. The zero-order chi connectivity index (χ0) is 16.9. The van der Waals surface area contributed by atoms with Crippen LogP contribution >= 0.6 is 0 Å². The van der Waals surface area contributed by atoms with E-state index in [4.69, 9.17) is 0 Å². The highest BCUT2D eigenvalue weighted by Gasteiger charge is 2.29. The summed E-state index contributed by atoms with van der Waals surface area (Å²) in [5.74, 6) is 0.217. The first-order valence-corrected chi connectivity index (χ1v) is 8.42. The Morgan fingerprint density at radius 3 is 2.17 bits per heavy atom. The summed E-state index contributed by atoms with van der Waals surface area (Å²) in [6.45, 7) is 2.61. The number of hydrogen-bond donors (Lipinski definition) is 2. The number of nitrogens with one attached hydrogen (secondary N) is 2. The minimum atomic E-state index is -0.132. The third kappa shape index (κ3) is 4.22. The van der Waals surface area contributed by atoms with Gasteiger partial charge in [0.25, 0.3) is 5.91 Å². The molecule has 0 saturated heterocycles. The Morgan fingerprint density at radius 1 is 0.958 bits per heavy atom. The topological polar surface area (TPSA) is 58.2 Å². The molecule has 2 amide bonds. The van der Waals surface area contributed by atoms with E-state index in [0.717, 1.165) is 30.5 Å². The van der Waals surface area contributed by atoms with Crippen LogP contribution in [-0.4, -0.2) is 11.8 Å². The smallest absolute Gasteiger partial charge is 0.255 e. The van der Waals surface area contributed by atoms with Crippen molar-refractivity contribution in [1.29, 1.82) is 0 Å². The number of rotatable bonds is 6. The van der Waals surface area contributed by atoms with Crippen LogP contribution in [0.4, 0.5) is 5.69 Å². The molecule has 0 radical (unpaired) electrons. The molecule has 4 nitrogen and oxygen atoms in total. The van der Waals surface area contributed by atoms with Crippen molar-refractivity contribution in [3.8, 4) is 0 Å². The maximum Gasteiger partial charge on any atom is 0.255 e. The van der Waals surface area contributed by atoms with Crippen LogP contribution in [0.25, 0.3) is 0 Å². The summed E-state index contributed by atoms with van der Waals surface area (Å²) in [5.41, 5.74) is 3.63. The first kappa shape index (κ1) is 16.2. The monoisotopic (exact) mass is 322 g/mol.